The molecule has 2 aromatic carbocycles. The minimum Gasteiger partial charge on any atom is -0.508 e. The molecule has 2 atom stereocenters. The van der Waals surface area contributed by atoms with Gasteiger partial charge < -0.3 is 14.6 Å². The van der Waals surface area contributed by atoms with Gasteiger partial charge in [-0.1, -0.05) is 35.9 Å². The molecule has 0 bridgehead atoms. The Bertz CT molecular complexity index is 787. The van der Waals surface area contributed by atoms with Gasteiger partial charge in [0.25, 0.3) is 0 Å². The van der Waals surface area contributed by atoms with Gasteiger partial charge in [0.05, 0.1) is 12.5 Å². The number of benzene rings is 2. The average Bonchev–Trinajstić information content (AvgIpc) is 2.92. The maximum absolute atomic E-state index is 10.3. The molecular weight excluding hydrogens is 288 g/mol. The van der Waals surface area contributed by atoms with E-state index in [-0.39, 0.29) is 12.0 Å². The summed E-state index contributed by atoms with van der Waals surface area (Å²) in [6.45, 7) is 4.73. The van der Waals surface area contributed by atoms with Crippen molar-refractivity contribution in [1.29, 1.82) is 0 Å². The first-order valence-corrected chi connectivity index (χ1v) is 8.01. The lowest BCUT2D eigenvalue weighted by Gasteiger charge is -2.27. The van der Waals surface area contributed by atoms with Crippen LogP contribution < -0.4 is 9.47 Å². The molecule has 0 fully saturated rings. The van der Waals surface area contributed by atoms with Gasteiger partial charge in [-0.15, -0.1) is 0 Å². The van der Waals surface area contributed by atoms with Crippen molar-refractivity contribution < 1.29 is 14.6 Å². The standard InChI is InChI=1S/C20H20O3/c1-12(2)7-8-14-17(21)10-9-13-16-11-22-18-6-4-3-5-15(18)20(16)23-19(13)14/h3-7,9-10,16,20-21H,8,11H2,1-2H3/t16-,20+/m0/s1. The van der Waals surface area contributed by atoms with Gasteiger partial charge in [-0.3, -0.25) is 0 Å². The van der Waals surface area contributed by atoms with Crippen LogP contribution in [0.3, 0.4) is 0 Å². The highest BCUT2D eigenvalue weighted by molar-refractivity contribution is 5.57. The first-order valence-electron chi connectivity index (χ1n) is 8.01. The third-order valence-electron chi connectivity index (χ3n) is 4.63. The second-order valence-electron chi connectivity index (χ2n) is 6.46. The SMILES string of the molecule is CC(C)=CCc1c(O)ccc2c1O[C@@H]1c3ccccc3OC[C@@H]21. The number of hydrogen-bond donors (Lipinski definition) is 1. The normalized spacial score (nSPS) is 20.6. The first kappa shape index (κ1) is 14.2. The van der Waals surface area contributed by atoms with Gasteiger partial charge in [0.1, 0.15) is 23.4 Å². The minimum atomic E-state index is -0.0257. The molecule has 2 heterocycles. The lowest BCUT2D eigenvalue weighted by atomic mass is 9.88. The number of fused-ring (bicyclic) bond motifs is 5. The minimum absolute atomic E-state index is 0.0257. The Labute approximate surface area is 136 Å². The van der Waals surface area contributed by atoms with E-state index in [1.807, 2.05) is 24.3 Å². The van der Waals surface area contributed by atoms with Crippen LogP contribution >= 0.6 is 0 Å². The zero-order valence-electron chi connectivity index (χ0n) is 13.4. The van der Waals surface area contributed by atoms with Gasteiger partial charge in [0.15, 0.2) is 0 Å². The third-order valence-corrected chi connectivity index (χ3v) is 4.63. The molecule has 1 N–H and O–H groups in total. The molecule has 4 rings (SSSR count). The summed E-state index contributed by atoms with van der Waals surface area (Å²) in [6.07, 6.45) is 2.77. The monoisotopic (exact) mass is 308 g/mol. The fourth-order valence-electron chi connectivity index (χ4n) is 3.43. The summed E-state index contributed by atoms with van der Waals surface area (Å²) in [4.78, 5) is 0. The molecule has 2 aliphatic rings. The number of phenolic OH excluding ortho intramolecular Hbond substituents is 1. The lowest BCUT2D eigenvalue weighted by Crippen LogP contribution is -2.22. The van der Waals surface area contributed by atoms with Crippen molar-refractivity contribution in [2.45, 2.75) is 32.3 Å². The van der Waals surface area contributed by atoms with E-state index in [9.17, 15) is 5.11 Å². The van der Waals surface area contributed by atoms with Crippen LogP contribution in [0.2, 0.25) is 0 Å². The fourth-order valence-corrected chi connectivity index (χ4v) is 3.43. The number of allylic oxidation sites excluding steroid dienone is 2. The quantitative estimate of drug-likeness (QED) is 0.830. The van der Waals surface area contributed by atoms with E-state index in [4.69, 9.17) is 9.47 Å². The zero-order valence-corrected chi connectivity index (χ0v) is 13.4. The van der Waals surface area contributed by atoms with Gasteiger partial charge >= 0.3 is 0 Å². The van der Waals surface area contributed by atoms with Gasteiger partial charge in [0.2, 0.25) is 0 Å². The van der Waals surface area contributed by atoms with Crippen LogP contribution in [0.5, 0.6) is 17.2 Å². The Kier molecular flexibility index (Phi) is 3.29. The Morgan fingerprint density at radius 1 is 1.17 bits per heavy atom. The van der Waals surface area contributed by atoms with Crippen LogP contribution in [-0.2, 0) is 6.42 Å². The molecule has 3 nitrogen and oxygen atoms in total. The van der Waals surface area contributed by atoms with Crippen molar-refractivity contribution in [3.63, 3.8) is 0 Å². The summed E-state index contributed by atoms with van der Waals surface area (Å²) >= 11 is 0. The van der Waals surface area contributed by atoms with E-state index in [1.54, 1.807) is 6.07 Å². The molecule has 2 aromatic rings. The molecular formula is C20H20O3. The maximum atomic E-state index is 10.3. The summed E-state index contributed by atoms with van der Waals surface area (Å²) in [6, 6.07) is 11.8. The highest BCUT2D eigenvalue weighted by Crippen LogP contribution is 2.53. The molecule has 0 amide bonds. The van der Waals surface area contributed by atoms with E-state index in [2.05, 4.69) is 26.0 Å². The van der Waals surface area contributed by atoms with E-state index >= 15 is 0 Å². The second-order valence-corrected chi connectivity index (χ2v) is 6.46. The predicted molar refractivity (Wildman–Crippen MR) is 89.3 cm³/mol. The molecule has 0 aliphatic carbocycles. The molecule has 23 heavy (non-hydrogen) atoms. The van der Waals surface area contributed by atoms with Crippen molar-refractivity contribution in [1.82, 2.24) is 0 Å². The van der Waals surface area contributed by atoms with E-state index < -0.39 is 0 Å². The molecule has 0 unspecified atom stereocenters. The van der Waals surface area contributed by atoms with Crippen molar-refractivity contribution in [2.75, 3.05) is 6.61 Å². The number of aromatic hydroxyl groups is 1. The van der Waals surface area contributed by atoms with Crippen LogP contribution in [0.4, 0.5) is 0 Å². The maximum Gasteiger partial charge on any atom is 0.138 e. The van der Waals surface area contributed by atoms with Gasteiger partial charge in [-0.25, -0.2) is 0 Å². The van der Waals surface area contributed by atoms with Crippen LogP contribution in [0.1, 0.15) is 42.6 Å². The first-order chi connectivity index (χ1) is 11.1. The largest absolute Gasteiger partial charge is 0.508 e. The van der Waals surface area contributed by atoms with Crippen LogP contribution in [0.25, 0.3) is 0 Å². The van der Waals surface area contributed by atoms with Crippen molar-refractivity contribution in [3.05, 3.63) is 64.7 Å². The Balaban J connectivity index is 1.78. The van der Waals surface area contributed by atoms with Crippen LogP contribution in [0, 0.1) is 0 Å². The summed E-state index contributed by atoms with van der Waals surface area (Å²) in [7, 11) is 0. The number of phenols is 1. The van der Waals surface area contributed by atoms with Crippen molar-refractivity contribution in [3.8, 4) is 17.2 Å². The molecule has 0 aromatic heterocycles. The van der Waals surface area contributed by atoms with E-state index in [0.29, 0.717) is 18.8 Å². The Morgan fingerprint density at radius 2 is 2.00 bits per heavy atom. The van der Waals surface area contributed by atoms with Crippen molar-refractivity contribution in [2.24, 2.45) is 0 Å². The zero-order chi connectivity index (χ0) is 16.0. The molecule has 118 valence electrons. The summed E-state index contributed by atoms with van der Waals surface area (Å²) in [5.41, 5.74) is 4.33. The Morgan fingerprint density at radius 3 is 2.83 bits per heavy atom. The summed E-state index contributed by atoms with van der Waals surface area (Å²) in [5, 5.41) is 10.3. The van der Waals surface area contributed by atoms with E-state index in [0.717, 1.165) is 28.2 Å². The highest BCUT2D eigenvalue weighted by atomic mass is 16.5. The molecule has 3 heteroatoms. The van der Waals surface area contributed by atoms with Crippen molar-refractivity contribution >= 4 is 0 Å². The fraction of sp³-hybridized carbons (Fsp3) is 0.300. The van der Waals surface area contributed by atoms with Crippen LogP contribution in [-0.4, -0.2) is 11.7 Å². The molecule has 2 aliphatic heterocycles. The number of rotatable bonds is 2. The number of para-hydroxylation sites is 1. The van der Waals surface area contributed by atoms with E-state index in [1.165, 1.54) is 5.57 Å². The summed E-state index contributed by atoms with van der Waals surface area (Å²) < 4.78 is 12.2. The summed E-state index contributed by atoms with van der Waals surface area (Å²) in [5.74, 6) is 2.22. The molecule has 0 saturated carbocycles. The smallest absolute Gasteiger partial charge is 0.138 e. The molecule has 0 spiro atoms. The number of hydrogen-bond acceptors (Lipinski definition) is 3. The topological polar surface area (TPSA) is 38.7 Å². The second kappa shape index (κ2) is 5.34. The Hall–Kier alpha value is -2.42. The molecule has 0 radical (unpaired) electrons. The van der Waals surface area contributed by atoms with Gasteiger partial charge in [-0.2, -0.15) is 0 Å². The van der Waals surface area contributed by atoms with Gasteiger partial charge in [-0.05, 0) is 32.4 Å². The van der Waals surface area contributed by atoms with Crippen LogP contribution in [0.15, 0.2) is 48.0 Å². The lowest BCUT2D eigenvalue weighted by molar-refractivity contribution is 0.139. The molecule has 0 saturated heterocycles. The average molecular weight is 308 g/mol. The number of ether oxygens (including phenoxy) is 2. The third kappa shape index (κ3) is 2.27. The van der Waals surface area contributed by atoms with Gasteiger partial charge in [0, 0.05) is 16.7 Å². The highest BCUT2D eigenvalue weighted by Gasteiger charge is 2.41. The predicted octanol–water partition coefficient (Wildman–Crippen LogP) is 4.51.